The predicted octanol–water partition coefficient (Wildman–Crippen LogP) is 2.29. The molecule has 122 valence electrons. The van der Waals surface area contributed by atoms with Crippen LogP contribution in [0.1, 0.15) is 29.1 Å². The molecule has 6 nitrogen and oxygen atoms in total. The molecule has 0 unspecified atom stereocenters. The topological polar surface area (TPSA) is 88.5 Å². The number of Topliss-reactive ketones (excluding diaryl/α,β-unsaturated/α-hetero) is 1. The summed E-state index contributed by atoms with van der Waals surface area (Å²) in [6.45, 7) is 3.14. The van der Waals surface area contributed by atoms with Gasteiger partial charge >= 0.3 is 0 Å². The number of anilines is 1. The third-order valence-corrected chi connectivity index (χ3v) is 4.04. The van der Waals surface area contributed by atoms with Crippen LogP contribution in [-0.2, 0) is 11.2 Å². The minimum Gasteiger partial charge on any atom is -0.481 e. The molecule has 1 amide bonds. The summed E-state index contributed by atoms with van der Waals surface area (Å²) in [5.74, 6) is 0.0651. The standard InChI is InChI=1S/C16H18N2O4S/c1-10(20)12-4-3-5-13(8-12)22-11(2)15(21)18-16-17-9-14(23-16)6-7-19/h3-5,8-9,11,19H,6-7H2,1-2H3,(H,17,18,21)/t11-/m1/s1. The smallest absolute Gasteiger partial charge is 0.266 e. The van der Waals surface area contributed by atoms with Crippen LogP contribution in [0.2, 0.25) is 0 Å². The van der Waals surface area contributed by atoms with Crippen LogP contribution in [0.15, 0.2) is 30.5 Å². The summed E-state index contributed by atoms with van der Waals surface area (Å²) in [5.41, 5.74) is 0.531. The molecule has 2 rings (SSSR count). The van der Waals surface area contributed by atoms with E-state index in [0.717, 1.165) is 4.88 Å². The van der Waals surface area contributed by atoms with E-state index >= 15 is 0 Å². The molecule has 1 atom stereocenters. The molecule has 0 spiro atoms. The Labute approximate surface area is 138 Å². The highest BCUT2D eigenvalue weighted by atomic mass is 32.1. The van der Waals surface area contributed by atoms with Crippen LogP contribution in [0.25, 0.3) is 0 Å². The largest absolute Gasteiger partial charge is 0.481 e. The van der Waals surface area contributed by atoms with Gasteiger partial charge in [0.25, 0.3) is 5.91 Å². The van der Waals surface area contributed by atoms with Crippen LogP contribution in [0.5, 0.6) is 5.75 Å². The van der Waals surface area contributed by atoms with Crippen molar-refractivity contribution in [2.24, 2.45) is 0 Å². The van der Waals surface area contributed by atoms with Crippen molar-refractivity contribution in [3.63, 3.8) is 0 Å². The Balaban J connectivity index is 1.96. The quantitative estimate of drug-likeness (QED) is 0.759. The van der Waals surface area contributed by atoms with E-state index in [1.807, 2.05) is 0 Å². The monoisotopic (exact) mass is 334 g/mol. The van der Waals surface area contributed by atoms with Gasteiger partial charge in [0.2, 0.25) is 0 Å². The van der Waals surface area contributed by atoms with Gasteiger partial charge in [-0.3, -0.25) is 14.9 Å². The number of nitrogens with one attached hydrogen (secondary N) is 1. The second-order valence-electron chi connectivity index (χ2n) is 4.94. The molecule has 7 heteroatoms. The number of carbonyl (C=O) groups is 2. The number of aliphatic hydroxyl groups is 1. The Kier molecular flexibility index (Phi) is 5.84. The van der Waals surface area contributed by atoms with Crippen molar-refractivity contribution in [2.75, 3.05) is 11.9 Å². The number of rotatable bonds is 7. The zero-order valence-electron chi connectivity index (χ0n) is 12.9. The van der Waals surface area contributed by atoms with Gasteiger partial charge in [-0.1, -0.05) is 12.1 Å². The Morgan fingerprint density at radius 1 is 1.43 bits per heavy atom. The van der Waals surface area contributed by atoms with E-state index in [1.54, 1.807) is 37.4 Å². The zero-order valence-corrected chi connectivity index (χ0v) is 13.7. The van der Waals surface area contributed by atoms with Gasteiger partial charge in [0.05, 0.1) is 0 Å². The number of carbonyl (C=O) groups excluding carboxylic acids is 2. The molecule has 1 heterocycles. The van der Waals surface area contributed by atoms with E-state index in [-0.39, 0.29) is 18.3 Å². The molecule has 0 fully saturated rings. The number of nitrogens with zero attached hydrogens (tertiary/aromatic N) is 1. The molecule has 1 aromatic heterocycles. The lowest BCUT2D eigenvalue weighted by Gasteiger charge is -2.14. The summed E-state index contributed by atoms with van der Waals surface area (Å²) in [6, 6.07) is 6.70. The van der Waals surface area contributed by atoms with Gasteiger partial charge < -0.3 is 9.84 Å². The van der Waals surface area contributed by atoms with Crippen LogP contribution in [0.4, 0.5) is 5.13 Å². The van der Waals surface area contributed by atoms with E-state index in [2.05, 4.69) is 10.3 Å². The lowest BCUT2D eigenvalue weighted by molar-refractivity contribution is -0.122. The predicted molar refractivity (Wildman–Crippen MR) is 88.1 cm³/mol. The van der Waals surface area contributed by atoms with Crippen LogP contribution >= 0.6 is 11.3 Å². The molecule has 0 saturated carbocycles. The highest BCUT2D eigenvalue weighted by Crippen LogP contribution is 2.20. The van der Waals surface area contributed by atoms with Gasteiger partial charge in [0.15, 0.2) is 17.0 Å². The summed E-state index contributed by atoms with van der Waals surface area (Å²) in [7, 11) is 0. The average Bonchev–Trinajstić information content (AvgIpc) is 2.95. The summed E-state index contributed by atoms with van der Waals surface area (Å²) < 4.78 is 5.57. The summed E-state index contributed by atoms with van der Waals surface area (Å²) >= 11 is 1.31. The van der Waals surface area contributed by atoms with Gasteiger partial charge in [-0.2, -0.15) is 0 Å². The molecular formula is C16H18N2O4S. The number of aromatic nitrogens is 1. The highest BCUT2D eigenvalue weighted by molar-refractivity contribution is 7.15. The Morgan fingerprint density at radius 2 is 2.22 bits per heavy atom. The number of benzene rings is 1. The van der Waals surface area contributed by atoms with E-state index in [1.165, 1.54) is 18.3 Å². The number of hydrogen-bond acceptors (Lipinski definition) is 6. The van der Waals surface area contributed by atoms with Crippen LogP contribution in [0, 0.1) is 0 Å². The Hall–Kier alpha value is -2.25. The van der Waals surface area contributed by atoms with Gasteiger partial charge in [0, 0.05) is 29.7 Å². The van der Waals surface area contributed by atoms with E-state index in [4.69, 9.17) is 9.84 Å². The number of thiazole rings is 1. The minimum absolute atomic E-state index is 0.0432. The number of ketones is 1. The summed E-state index contributed by atoms with van der Waals surface area (Å²) in [4.78, 5) is 28.4. The van der Waals surface area contributed by atoms with Crippen molar-refractivity contribution < 1.29 is 19.4 Å². The summed E-state index contributed by atoms with van der Waals surface area (Å²) in [5, 5.41) is 12.0. The van der Waals surface area contributed by atoms with Crippen LogP contribution in [-0.4, -0.2) is 34.5 Å². The lowest BCUT2D eigenvalue weighted by atomic mass is 10.1. The number of hydrogen-bond donors (Lipinski definition) is 2. The van der Waals surface area contributed by atoms with E-state index in [9.17, 15) is 9.59 Å². The highest BCUT2D eigenvalue weighted by Gasteiger charge is 2.17. The molecule has 2 aromatic rings. The van der Waals surface area contributed by atoms with Crippen molar-refractivity contribution in [1.82, 2.24) is 4.98 Å². The van der Waals surface area contributed by atoms with Crippen molar-refractivity contribution in [1.29, 1.82) is 0 Å². The molecular weight excluding hydrogens is 316 g/mol. The minimum atomic E-state index is -0.734. The molecule has 0 aliphatic rings. The number of amides is 1. The van der Waals surface area contributed by atoms with Crippen LogP contribution < -0.4 is 10.1 Å². The maximum atomic E-state index is 12.1. The van der Waals surface area contributed by atoms with Crippen molar-refractivity contribution in [2.45, 2.75) is 26.4 Å². The Bertz CT molecular complexity index is 699. The average molecular weight is 334 g/mol. The third-order valence-electron chi connectivity index (χ3n) is 3.06. The second-order valence-corrected chi connectivity index (χ2v) is 6.05. The van der Waals surface area contributed by atoms with Crippen molar-refractivity contribution in [3.8, 4) is 5.75 Å². The first kappa shape index (κ1) is 17.1. The van der Waals surface area contributed by atoms with E-state index in [0.29, 0.717) is 22.9 Å². The molecule has 23 heavy (non-hydrogen) atoms. The third kappa shape index (κ3) is 4.87. The van der Waals surface area contributed by atoms with Gasteiger partial charge in [-0.05, 0) is 26.0 Å². The molecule has 0 aliphatic heterocycles. The first-order chi connectivity index (χ1) is 11.0. The van der Waals surface area contributed by atoms with Gasteiger partial charge in [-0.15, -0.1) is 11.3 Å². The molecule has 0 radical (unpaired) electrons. The zero-order chi connectivity index (χ0) is 16.8. The Morgan fingerprint density at radius 3 is 2.91 bits per heavy atom. The first-order valence-electron chi connectivity index (χ1n) is 7.13. The number of aliphatic hydroxyl groups excluding tert-OH is 1. The van der Waals surface area contributed by atoms with E-state index < -0.39 is 6.10 Å². The lowest BCUT2D eigenvalue weighted by Crippen LogP contribution is -2.30. The van der Waals surface area contributed by atoms with Crippen LogP contribution in [0.3, 0.4) is 0 Å². The molecule has 2 N–H and O–H groups in total. The maximum Gasteiger partial charge on any atom is 0.266 e. The summed E-state index contributed by atoms with van der Waals surface area (Å²) in [6.07, 6.45) is 1.40. The van der Waals surface area contributed by atoms with Crippen molar-refractivity contribution >= 4 is 28.2 Å². The molecule has 0 aliphatic carbocycles. The SMILES string of the molecule is CC(=O)c1cccc(O[C@H](C)C(=O)Nc2ncc(CCO)s2)c1. The van der Waals surface area contributed by atoms with Crippen molar-refractivity contribution in [3.05, 3.63) is 40.9 Å². The van der Waals surface area contributed by atoms with Gasteiger partial charge in [0.1, 0.15) is 5.75 Å². The maximum absolute atomic E-state index is 12.1. The fourth-order valence-corrected chi connectivity index (χ4v) is 2.65. The molecule has 1 aromatic carbocycles. The molecule has 0 bridgehead atoms. The normalized spacial score (nSPS) is 11.8. The molecule has 0 saturated heterocycles. The van der Waals surface area contributed by atoms with Gasteiger partial charge in [-0.25, -0.2) is 4.98 Å². The fourth-order valence-electron chi connectivity index (χ4n) is 1.84. The fraction of sp³-hybridized carbons (Fsp3) is 0.312. The number of ether oxygens (including phenoxy) is 1. The first-order valence-corrected chi connectivity index (χ1v) is 7.95. The second kappa shape index (κ2) is 7.85.